The molecule has 4 nitrogen and oxygen atoms in total. The number of carbonyl (C=O) groups excluding carboxylic acids is 1. The van der Waals surface area contributed by atoms with Gasteiger partial charge in [0.05, 0.1) is 13.2 Å². The lowest BCUT2D eigenvalue weighted by Crippen LogP contribution is -2.50. The van der Waals surface area contributed by atoms with Gasteiger partial charge in [0.25, 0.3) is 0 Å². The molecular formula is C11H24N2O2. The van der Waals surface area contributed by atoms with E-state index < -0.39 is 0 Å². The average Bonchev–Trinajstić information content (AvgIpc) is 2.30. The van der Waals surface area contributed by atoms with Crippen LogP contribution in [0.5, 0.6) is 0 Å². The molecule has 0 aromatic rings. The first kappa shape index (κ1) is 14.4. The molecule has 0 bridgehead atoms. The van der Waals surface area contributed by atoms with Gasteiger partial charge in [-0.25, -0.2) is 0 Å². The van der Waals surface area contributed by atoms with Gasteiger partial charge in [-0.15, -0.1) is 0 Å². The number of piperazine rings is 1. The first-order valence-electron chi connectivity index (χ1n) is 5.77. The van der Waals surface area contributed by atoms with Crippen LogP contribution in [-0.2, 0) is 9.53 Å². The molecule has 15 heavy (non-hydrogen) atoms. The minimum Gasteiger partial charge on any atom is -0.383 e. The number of methoxy groups -OCH3 is 1. The van der Waals surface area contributed by atoms with Crippen LogP contribution in [0.1, 0.15) is 20.8 Å². The van der Waals surface area contributed by atoms with E-state index in [-0.39, 0.29) is 5.91 Å². The second-order valence-corrected chi connectivity index (χ2v) is 3.24. The molecule has 1 heterocycles. The van der Waals surface area contributed by atoms with E-state index in [0.717, 1.165) is 26.2 Å². The Bertz CT molecular complexity index is 174. The third-order valence-corrected chi connectivity index (χ3v) is 2.41. The lowest BCUT2D eigenvalue weighted by molar-refractivity contribution is -0.136. The van der Waals surface area contributed by atoms with E-state index in [2.05, 4.69) is 11.8 Å². The van der Waals surface area contributed by atoms with E-state index in [0.29, 0.717) is 13.2 Å². The van der Waals surface area contributed by atoms with Crippen LogP contribution in [-0.4, -0.2) is 62.1 Å². The summed E-state index contributed by atoms with van der Waals surface area (Å²) < 4.78 is 4.94. The van der Waals surface area contributed by atoms with Crippen molar-refractivity contribution in [2.24, 2.45) is 0 Å². The number of hydrogen-bond donors (Lipinski definition) is 0. The molecule has 1 aliphatic heterocycles. The average molecular weight is 216 g/mol. The maximum atomic E-state index is 11.5. The summed E-state index contributed by atoms with van der Waals surface area (Å²) in [5.41, 5.74) is 0. The SMILES string of the molecule is CC.CCN1CCN(CCOC)C(=O)C1. The van der Waals surface area contributed by atoms with Crippen molar-refractivity contribution < 1.29 is 9.53 Å². The van der Waals surface area contributed by atoms with Crippen molar-refractivity contribution in [3.8, 4) is 0 Å². The molecule has 1 saturated heterocycles. The molecule has 90 valence electrons. The van der Waals surface area contributed by atoms with Crippen molar-refractivity contribution in [3.05, 3.63) is 0 Å². The standard InChI is InChI=1S/C9H18N2O2.C2H6/c1-3-10-4-5-11(6-7-13-2)9(12)8-10;1-2/h3-8H2,1-2H3;1-2H3. The second-order valence-electron chi connectivity index (χ2n) is 3.24. The van der Waals surface area contributed by atoms with Crippen LogP contribution < -0.4 is 0 Å². The second kappa shape index (κ2) is 8.68. The summed E-state index contributed by atoms with van der Waals surface area (Å²) in [6, 6.07) is 0. The Morgan fingerprint density at radius 3 is 2.47 bits per heavy atom. The van der Waals surface area contributed by atoms with Gasteiger partial charge in [0.1, 0.15) is 0 Å². The van der Waals surface area contributed by atoms with Crippen LogP contribution in [0.2, 0.25) is 0 Å². The maximum Gasteiger partial charge on any atom is 0.236 e. The molecule has 0 atom stereocenters. The van der Waals surface area contributed by atoms with E-state index >= 15 is 0 Å². The van der Waals surface area contributed by atoms with Crippen molar-refractivity contribution in [3.63, 3.8) is 0 Å². The summed E-state index contributed by atoms with van der Waals surface area (Å²) >= 11 is 0. The Morgan fingerprint density at radius 1 is 1.33 bits per heavy atom. The Hall–Kier alpha value is -0.610. The number of hydrogen-bond acceptors (Lipinski definition) is 3. The molecule has 0 N–H and O–H groups in total. The number of nitrogens with zero attached hydrogens (tertiary/aromatic N) is 2. The van der Waals surface area contributed by atoms with Crippen molar-refractivity contribution in [1.29, 1.82) is 0 Å². The van der Waals surface area contributed by atoms with Crippen molar-refractivity contribution in [2.75, 3.05) is 46.4 Å². The molecule has 1 rings (SSSR count). The smallest absolute Gasteiger partial charge is 0.236 e. The minimum atomic E-state index is 0.227. The Kier molecular flexibility index (Phi) is 8.33. The predicted octanol–water partition coefficient (Wildman–Crippen LogP) is 0.823. The lowest BCUT2D eigenvalue weighted by Gasteiger charge is -2.33. The van der Waals surface area contributed by atoms with Crippen LogP contribution in [0, 0.1) is 0 Å². The van der Waals surface area contributed by atoms with Gasteiger partial charge < -0.3 is 9.64 Å². The maximum absolute atomic E-state index is 11.5. The van der Waals surface area contributed by atoms with E-state index in [9.17, 15) is 4.79 Å². The number of likely N-dealkylation sites (N-methyl/N-ethyl adjacent to an activating group) is 1. The highest BCUT2D eigenvalue weighted by Crippen LogP contribution is 2.01. The largest absolute Gasteiger partial charge is 0.383 e. The minimum absolute atomic E-state index is 0.227. The Morgan fingerprint density at radius 2 is 2.00 bits per heavy atom. The highest BCUT2D eigenvalue weighted by molar-refractivity contribution is 5.79. The summed E-state index contributed by atoms with van der Waals surface area (Å²) in [4.78, 5) is 15.5. The van der Waals surface area contributed by atoms with E-state index in [1.54, 1.807) is 7.11 Å². The molecule has 1 aliphatic rings. The predicted molar refractivity (Wildman–Crippen MR) is 61.9 cm³/mol. The molecule has 0 aliphatic carbocycles. The topological polar surface area (TPSA) is 32.8 Å². The third-order valence-electron chi connectivity index (χ3n) is 2.41. The quantitative estimate of drug-likeness (QED) is 0.697. The Labute approximate surface area is 93.2 Å². The van der Waals surface area contributed by atoms with Gasteiger partial charge in [0.15, 0.2) is 0 Å². The number of amides is 1. The van der Waals surface area contributed by atoms with Crippen LogP contribution in [0.25, 0.3) is 0 Å². The fraction of sp³-hybridized carbons (Fsp3) is 0.909. The molecule has 4 heteroatoms. The van der Waals surface area contributed by atoms with Gasteiger partial charge in [0.2, 0.25) is 5.91 Å². The molecular weight excluding hydrogens is 192 g/mol. The summed E-state index contributed by atoms with van der Waals surface area (Å²) in [7, 11) is 1.66. The number of rotatable bonds is 4. The molecule has 1 amide bonds. The molecule has 0 radical (unpaired) electrons. The molecule has 0 aromatic heterocycles. The highest BCUT2D eigenvalue weighted by Gasteiger charge is 2.21. The Balaban J connectivity index is 0.000000921. The fourth-order valence-electron chi connectivity index (χ4n) is 1.47. The van der Waals surface area contributed by atoms with Gasteiger partial charge in [-0.2, -0.15) is 0 Å². The summed E-state index contributed by atoms with van der Waals surface area (Å²) in [6.45, 7) is 10.8. The normalized spacial score (nSPS) is 17.3. The van der Waals surface area contributed by atoms with E-state index in [1.807, 2.05) is 18.7 Å². The van der Waals surface area contributed by atoms with Crippen LogP contribution >= 0.6 is 0 Å². The van der Waals surface area contributed by atoms with Crippen molar-refractivity contribution >= 4 is 5.91 Å². The number of carbonyl (C=O) groups is 1. The van der Waals surface area contributed by atoms with E-state index in [1.165, 1.54) is 0 Å². The summed E-state index contributed by atoms with van der Waals surface area (Å²) in [6.07, 6.45) is 0. The molecule has 0 unspecified atom stereocenters. The molecule has 1 fully saturated rings. The van der Waals surface area contributed by atoms with Crippen LogP contribution in [0.15, 0.2) is 0 Å². The zero-order valence-electron chi connectivity index (χ0n) is 10.5. The zero-order chi connectivity index (χ0) is 11.7. The van der Waals surface area contributed by atoms with Gasteiger partial charge in [-0.05, 0) is 6.54 Å². The third kappa shape index (κ3) is 5.14. The first-order chi connectivity index (χ1) is 7.27. The molecule has 0 aromatic carbocycles. The molecule has 0 spiro atoms. The highest BCUT2D eigenvalue weighted by atomic mass is 16.5. The van der Waals surface area contributed by atoms with Crippen molar-refractivity contribution in [1.82, 2.24) is 9.80 Å². The van der Waals surface area contributed by atoms with Gasteiger partial charge in [-0.1, -0.05) is 20.8 Å². The molecule has 0 saturated carbocycles. The van der Waals surface area contributed by atoms with Crippen LogP contribution in [0.3, 0.4) is 0 Å². The monoisotopic (exact) mass is 216 g/mol. The lowest BCUT2D eigenvalue weighted by atomic mass is 10.3. The number of ether oxygens (including phenoxy) is 1. The van der Waals surface area contributed by atoms with Crippen molar-refractivity contribution in [2.45, 2.75) is 20.8 Å². The zero-order valence-corrected chi connectivity index (χ0v) is 10.5. The van der Waals surface area contributed by atoms with Crippen LogP contribution in [0.4, 0.5) is 0 Å². The summed E-state index contributed by atoms with van der Waals surface area (Å²) in [5.74, 6) is 0.227. The van der Waals surface area contributed by atoms with Gasteiger partial charge in [0, 0.05) is 26.7 Å². The van der Waals surface area contributed by atoms with E-state index in [4.69, 9.17) is 4.74 Å². The summed E-state index contributed by atoms with van der Waals surface area (Å²) in [5, 5.41) is 0. The van der Waals surface area contributed by atoms with Gasteiger partial charge in [-0.3, -0.25) is 9.69 Å². The van der Waals surface area contributed by atoms with Gasteiger partial charge >= 0.3 is 0 Å². The first-order valence-corrected chi connectivity index (χ1v) is 5.77. The fourth-order valence-corrected chi connectivity index (χ4v) is 1.47.